The molecule has 1 saturated heterocycles. The van der Waals surface area contributed by atoms with Crippen molar-refractivity contribution in [2.45, 2.75) is 33.7 Å². The molecule has 2 aromatic rings. The van der Waals surface area contributed by atoms with E-state index in [2.05, 4.69) is 41.2 Å². The van der Waals surface area contributed by atoms with E-state index in [1.807, 2.05) is 24.8 Å². The molecule has 1 N–H and O–H groups in total. The molecule has 134 valence electrons. The zero-order chi connectivity index (χ0) is 17.8. The summed E-state index contributed by atoms with van der Waals surface area (Å²) in [5, 5.41) is 4.06. The largest absolute Gasteiger partial charge is 0.321 e. The maximum absolute atomic E-state index is 12.6. The standard InChI is InChI=1S/C19H25N3OS2/c1-4-17-20-14(3)18(25-17)19(23)21-16-6-5-15(11-13(16)2)12-22-7-9-24-10-8-22/h5-6,11H,4,7-10,12H2,1-3H3,(H,21,23). The van der Waals surface area contributed by atoms with Gasteiger partial charge in [-0.25, -0.2) is 4.98 Å². The summed E-state index contributed by atoms with van der Waals surface area (Å²) < 4.78 is 0. The molecule has 1 aliphatic rings. The Morgan fingerprint density at radius 1 is 1.28 bits per heavy atom. The predicted molar refractivity (Wildman–Crippen MR) is 108 cm³/mol. The number of aromatic nitrogens is 1. The highest BCUT2D eigenvalue weighted by Gasteiger charge is 2.16. The molecule has 1 aliphatic heterocycles. The highest BCUT2D eigenvalue weighted by molar-refractivity contribution is 7.99. The number of aryl methyl sites for hydroxylation is 3. The van der Waals surface area contributed by atoms with Crippen LogP contribution in [0, 0.1) is 13.8 Å². The molecule has 0 aliphatic carbocycles. The second-order valence-electron chi connectivity index (χ2n) is 6.37. The number of rotatable bonds is 5. The van der Waals surface area contributed by atoms with E-state index in [0.717, 1.165) is 48.0 Å². The van der Waals surface area contributed by atoms with E-state index in [1.165, 1.54) is 28.4 Å². The van der Waals surface area contributed by atoms with Crippen molar-refractivity contribution in [2.75, 3.05) is 29.9 Å². The van der Waals surface area contributed by atoms with E-state index in [0.29, 0.717) is 4.88 Å². The molecule has 4 nitrogen and oxygen atoms in total. The molecule has 25 heavy (non-hydrogen) atoms. The molecule has 2 heterocycles. The van der Waals surface area contributed by atoms with Crippen molar-refractivity contribution in [3.8, 4) is 0 Å². The summed E-state index contributed by atoms with van der Waals surface area (Å²) in [5.41, 5.74) is 4.12. The zero-order valence-corrected chi connectivity index (χ0v) is 16.7. The van der Waals surface area contributed by atoms with E-state index < -0.39 is 0 Å². The number of nitrogens with zero attached hydrogens (tertiary/aromatic N) is 2. The summed E-state index contributed by atoms with van der Waals surface area (Å²) in [7, 11) is 0. The molecule has 0 atom stereocenters. The van der Waals surface area contributed by atoms with Crippen LogP contribution in [0.3, 0.4) is 0 Å². The van der Waals surface area contributed by atoms with Crippen LogP contribution in [0.2, 0.25) is 0 Å². The van der Waals surface area contributed by atoms with Crippen LogP contribution < -0.4 is 5.32 Å². The Balaban J connectivity index is 1.68. The van der Waals surface area contributed by atoms with Gasteiger partial charge in [-0.3, -0.25) is 9.69 Å². The molecule has 1 fully saturated rings. The molecule has 0 radical (unpaired) electrons. The number of amides is 1. The van der Waals surface area contributed by atoms with Gasteiger partial charge in [0, 0.05) is 36.8 Å². The minimum absolute atomic E-state index is 0.0568. The summed E-state index contributed by atoms with van der Waals surface area (Å²) in [6.45, 7) is 9.33. The average molecular weight is 376 g/mol. The number of carbonyl (C=O) groups excluding carboxylic acids is 1. The lowest BCUT2D eigenvalue weighted by Crippen LogP contribution is -2.31. The lowest BCUT2D eigenvalue weighted by Gasteiger charge is -2.26. The van der Waals surface area contributed by atoms with Crippen LogP contribution in [-0.2, 0) is 13.0 Å². The molecule has 1 aromatic heterocycles. The first-order valence-electron chi connectivity index (χ1n) is 8.74. The summed E-state index contributed by atoms with van der Waals surface area (Å²) in [5.74, 6) is 2.39. The summed E-state index contributed by atoms with van der Waals surface area (Å²) in [4.78, 5) is 20.2. The van der Waals surface area contributed by atoms with Crippen LogP contribution in [0.5, 0.6) is 0 Å². The van der Waals surface area contributed by atoms with Gasteiger partial charge in [-0.2, -0.15) is 11.8 Å². The third kappa shape index (κ3) is 4.63. The van der Waals surface area contributed by atoms with Crippen molar-refractivity contribution in [1.29, 1.82) is 0 Å². The number of nitrogens with one attached hydrogen (secondary N) is 1. The molecular weight excluding hydrogens is 350 g/mol. The van der Waals surface area contributed by atoms with Gasteiger partial charge in [-0.15, -0.1) is 11.3 Å². The van der Waals surface area contributed by atoms with E-state index in [9.17, 15) is 4.79 Å². The fourth-order valence-corrected chi connectivity index (χ4v) is 4.85. The highest BCUT2D eigenvalue weighted by atomic mass is 32.2. The Bertz CT molecular complexity index is 751. The second-order valence-corrected chi connectivity index (χ2v) is 8.68. The lowest BCUT2D eigenvalue weighted by atomic mass is 10.1. The van der Waals surface area contributed by atoms with E-state index in [4.69, 9.17) is 0 Å². The van der Waals surface area contributed by atoms with Gasteiger partial charge in [0.25, 0.3) is 5.91 Å². The SMILES string of the molecule is CCc1nc(C)c(C(=O)Nc2ccc(CN3CCSCC3)cc2C)s1. The van der Waals surface area contributed by atoms with Crippen LogP contribution in [-0.4, -0.2) is 40.4 Å². The molecular formula is C19H25N3OS2. The summed E-state index contributed by atoms with van der Waals surface area (Å²) >= 11 is 3.52. The van der Waals surface area contributed by atoms with E-state index in [1.54, 1.807) is 0 Å². The number of carbonyl (C=O) groups is 1. The average Bonchev–Trinajstić information content (AvgIpc) is 2.99. The minimum Gasteiger partial charge on any atom is -0.321 e. The number of hydrogen-bond donors (Lipinski definition) is 1. The van der Waals surface area contributed by atoms with Crippen LogP contribution in [0.15, 0.2) is 18.2 Å². The number of benzene rings is 1. The van der Waals surface area contributed by atoms with Crippen molar-refractivity contribution in [2.24, 2.45) is 0 Å². The molecule has 1 aromatic carbocycles. The smallest absolute Gasteiger partial charge is 0.267 e. The summed E-state index contributed by atoms with van der Waals surface area (Å²) in [6, 6.07) is 6.34. The van der Waals surface area contributed by atoms with Crippen LogP contribution in [0.1, 0.15) is 38.4 Å². The highest BCUT2D eigenvalue weighted by Crippen LogP contribution is 2.23. The second kappa shape index (κ2) is 8.34. The van der Waals surface area contributed by atoms with Gasteiger partial charge >= 0.3 is 0 Å². The number of hydrogen-bond acceptors (Lipinski definition) is 5. The van der Waals surface area contributed by atoms with Crippen molar-refractivity contribution < 1.29 is 4.79 Å². The monoisotopic (exact) mass is 375 g/mol. The fourth-order valence-electron chi connectivity index (χ4n) is 2.98. The molecule has 0 bridgehead atoms. The normalized spacial score (nSPS) is 15.3. The minimum atomic E-state index is -0.0568. The van der Waals surface area contributed by atoms with Gasteiger partial charge in [0.1, 0.15) is 4.88 Å². The summed E-state index contributed by atoms with van der Waals surface area (Å²) in [6.07, 6.45) is 0.863. The zero-order valence-electron chi connectivity index (χ0n) is 15.1. The quantitative estimate of drug-likeness (QED) is 0.854. The number of thioether (sulfide) groups is 1. The van der Waals surface area contributed by atoms with Crippen molar-refractivity contribution in [1.82, 2.24) is 9.88 Å². The fraction of sp³-hybridized carbons (Fsp3) is 0.474. The third-order valence-corrected chi connectivity index (χ3v) is 6.64. The molecule has 0 saturated carbocycles. The molecule has 1 amide bonds. The van der Waals surface area contributed by atoms with Gasteiger partial charge < -0.3 is 5.32 Å². The van der Waals surface area contributed by atoms with Gasteiger partial charge in [-0.1, -0.05) is 19.1 Å². The Hall–Kier alpha value is -1.37. The Morgan fingerprint density at radius 2 is 2.04 bits per heavy atom. The topological polar surface area (TPSA) is 45.2 Å². The Morgan fingerprint density at radius 3 is 2.68 bits per heavy atom. The van der Waals surface area contributed by atoms with Crippen molar-refractivity contribution in [3.05, 3.63) is 44.9 Å². The van der Waals surface area contributed by atoms with Crippen molar-refractivity contribution >= 4 is 34.7 Å². The van der Waals surface area contributed by atoms with E-state index in [-0.39, 0.29) is 5.91 Å². The van der Waals surface area contributed by atoms with Crippen molar-refractivity contribution in [3.63, 3.8) is 0 Å². The first kappa shape index (κ1) is 18.4. The first-order valence-corrected chi connectivity index (χ1v) is 10.7. The third-order valence-electron chi connectivity index (χ3n) is 4.40. The number of thiazole rings is 1. The van der Waals surface area contributed by atoms with Crippen LogP contribution >= 0.6 is 23.1 Å². The lowest BCUT2D eigenvalue weighted by molar-refractivity contribution is 0.102. The maximum Gasteiger partial charge on any atom is 0.267 e. The van der Waals surface area contributed by atoms with Crippen LogP contribution in [0.25, 0.3) is 0 Å². The van der Waals surface area contributed by atoms with Gasteiger partial charge in [0.2, 0.25) is 0 Å². The molecule has 6 heteroatoms. The maximum atomic E-state index is 12.6. The van der Waals surface area contributed by atoms with Crippen LogP contribution in [0.4, 0.5) is 5.69 Å². The predicted octanol–water partition coefficient (Wildman–Crippen LogP) is 4.12. The van der Waals surface area contributed by atoms with E-state index >= 15 is 0 Å². The van der Waals surface area contributed by atoms with Gasteiger partial charge in [0.05, 0.1) is 10.7 Å². The molecule has 3 rings (SSSR count). The number of anilines is 1. The van der Waals surface area contributed by atoms with Gasteiger partial charge in [-0.05, 0) is 37.5 Å². The molecule has 0 unspecified atom stereocenters. The Labute approximate surface area is 158 Å². The molecule has 0 spiro atoms. The Kier molecular flexibility index (Phi) is 6.15. The van der Waals surface area contributed by atoms with Gasteiger partial charge in [0.15, 0.2) is 0 Å². The first-order chi connectivity index (χ1) is 12.1.